The van der Waals surface area contributed by atoms with Crippen LogP contribution in [0.25, 0.3) is 5.57 Å². The molecule has 0 N–H and O–H groups in total. The smallest absolute Gasteiger partial charge is 0.233 e. The van der Waals surface area contributed by atoms with Crippen LogP contribution in [0, 0.1) is 6.92 Å². The molecule has 3 rings (SSSR count). The Kier molecular flexibility index (Phi) is 9.18. The van der Waals surface area contributed by atoms with Crippen molar-refractivity contribution in [2.45, 2.75) is 27.7 Å². The maximum atomic E-state index is 13.5. The van der Waals surface area contributed by atoms with Gasteiger partial charge in [0, 0.05) is 56.3 Å². The fraction of sp³-hybridized carbons (Fsp3) is 0.414. The van der Waals surface area contributed by atoms with Gasteiger partial charge in [0.2, 0.25) is 11.6 Å². The number of hydrogen-bond acceptors (Lipinski definition) is 6. The number of rotatable bonds is 10. The number of Topliss-reactive ketones (excluding diaryl/α,β-unsaturated/α-hetero) is 2. The molecule has 1 aromatic rings. The standard InChI is InChI=1S/C29H36N2O5/c1-7-30(13-15-35-5)21-9-11-23(19(3)17-21)25-27(32)26(29(34)28(25)33)24-12-10-22(18-20(24)4)31(8-2)14-16-36-6/h9-12,17-18H,7-8,13-16H2,1-6H3. The van der Waals surface area contributed by atoms with Gasteiger partial charge in [-0.1, -0.05) is 11.8 Å². The average molecular weight is 493 g/mol. The van der Waals surface area contributed by atoms with Gasteiger partial charge in [-0.15, -0.1) is 0 Å². The number of carbonyl (C=O) groups is 2. The van der Waals surface area contributed by atoms with E-state index in [-0.39, 0.29) is 11.1 Å². The van der Waals surface area contributed by atoms with Crippen LogP contribution in [-0.4, -0.2) is 75.5 Å². The Morgan fingerprint density at radius 3 is 2.25 bits per heavy atom. The molecule has 0 spiro atoms. The summed E-state index contributed by atoms with van der Waals surface area (Å²) < 4.78 is 12.5. The van der Waals surface area contributed by atoms with Crippen molar-refractivity contribution in [3.05, 3.63) is 70.0 Å². The number of likely N-dealkylation sites (N-methyl/N-ethyl adjacent to an activating group) is 2. The fourth-order valence-corrected chi connectivity index (χ4v) is 4.64. The van der Waals surface area contributed by atoms with Crippen LogP contribution in [0.2, 0.25) is 0 Å². The van der Waals surface area contributed by atoms with Crippen LogP contribution in [0.15, 0.2) is 58.9 Å². The van der Waals surface area contributed by atoms with Gasteiger partial charge in [-0.05, 0) is 68.2 Å². The summed E-state index contributed by atoms with van der Waals surface area (Å²) >= 11 is 0. The van der Waals surface area contributed by atoms with Gasteiger partial charge < -0.3 is 19.5 Å². The van der Waals surface area contributed by atoms with Crippen molar-refractivity contribution < 1.29 is 28.7 Å². The van der Waals surface area contributed by atoms with E-state index >= 15 is 0 Å². The van der Waals surface area contributed by atoms with E-state index in [4.69, 9.17) is 9.47 Å². The van der Waals surface area contributed by atoms with Gasteiger partial charge in [0.05, 0.1) is 6.61 Å². The van der Waals surface area contributed by atoms with E-state index in [0.29, 0.717) is 24.4 Å². The number of anilines is 1. The van der Waals surface area contributed by atoms with Crippen LogP contribution >= 0.6 is 0 Å². The molecule has 0 atom stereocenters. The molecule has 0 bridgehead atoms. The molecule has 0 unspecified atom stereocenters. The summed E-state index contributed by atoms with van der Waals surface area (Å²) in [7, 11) is 3.33. The van der Waals surface area contributed by atoms with Crippen molar-refractivity contribution in [1.29, 1.82) is 0 Å². The highest BCUT2D eigenvalue weighted by molar-refractivity contribution is 6.63. The van der Waals surface area contributed by atoms with Gasteiger partial charge in [0.15, 0.2) is 12.3 Å². The third kappa shape index (κ3) is 5.42. The Bertz CT molecular complexity index is 1200. The first-order valence-electron chi connectivity index (χ1n) is 12.4. The number of nitrogens with zero attached hydrogens (tertiary/aromatic N) is 2. The molecule has 2 aliphatic carbocycles. The molecule has 0 aliphatic heterocycles. The minimum absolute atomic E-state index is 0.0438. The van der Waals surface area contributed by atoms with Crippen LogP contribution in [0.5, 0.6) is 0 Å². The second-order valence-electron chi connectivity index (χ2n) is 8.88. The van der Waals surface area contributed by atoms with Crippen molar-refractivity contribution in [3.8, 4) is 0 Å². The molecule has 7 nitrogen and oxygen atoms in total. The van der Waals surface area contributed by atoms with Crippen molar-refractivity contribution in [2.24, 2.45) is 0 Å². The largest absolute Gasteiger partial charge is 0.871 e. The van der Waals surface area contributed by atoms with Crippen molar-refractivity contribution in [1.82, 2.24) is 0 Å². The first kappa shape index (κ1) is 27.3. The maximum Gasteiger partial charge on any atom is 0.233 e. The molecule has 192 valence electrons. The Hall–Kier alpha value is -3.29. The zero-order valence-electron chi connectivity index (χ0n) is 22.1. The number of ether oxygens (including phenoxy) is 2. The topological polar surface area (TPSA) is 81.9 Å². The van der Waals surface area contributed by atoms with Crippen LogP contribution in [0.3, 0.4) is 0 Å². The van der Waals surface area contributed by atoms with E-state index < -0.39 is 17.3 Å². The molecule has 1 aromatic carbocycles. The fourth-order valence-electron chi connectivity index (χ4n) is 4.64. The van der Waals surface area contributed by atoms with Crippen LogP contribution in [0.1, 0.15) is 31.9 Å². The zero-order chi connectivity index (χ0) is 26.4. The van der Waals surface area contributed by atoms with Gasteiger partial charge in [0.25, 0.3) is 0 Å². The van der Waals surface area contributed by atoms with Crippen LogP contribution in [0.4, 0.5) is 5.69 Å². The van der Waals surface area contributed by atoms with E-state index in [1.165, 1.54) is 0 Å². The van der Waals surface area contributed by atoms with Crippen molar-refractivity contribution in [3.63, 3.8) is 0 Å². The summed E-state index contributed by atoms with van der Waals surface area (Å²) in [5.41, 5.74) is 4.43. The summed E-state index contributed by atoms with van der Waals surface area (Å²) in [6.45, 7) is 12.1. The summed E-state index contributed by atoms with van der Waals surface area (Å²) in [5.74, 6) is -1.98. The Labute approximate surface area is 213 Å². The number of benzene rings is 1. The van der Waals surface area contributed by atoms with Gasteiger partial charge in [0.1, 0.15) is 13.2 Å². The first-order chi connectivity index (χ1) is 17.3. The van der Waals surface area contributed by atoms with Crippen LogP contribution < -0.4 is 10.0 Å². The lowest BCUT2D eigenvalue weighted by Crippen LogP contribution is -2.26. The third-order valence-electron chi connectivity index (χ3n) is 6.70. The molecule has 7 heteroatoms. The Morgan fingerprint density at radius 2 is 1.67 bits per heavy atom. The number of ketones is 2. The van der Waals surface area contributed by atoms with Gasteiger partial charge in [-0.2, -0.15) is 0 Å². The van der Waals surface area contributed by atoms with Crippen LogP contribution in [-0.2, 0) is 19.1 Å². The Morgan fingerprint density at radius 1 is 0.972 bits per heavy atom. The van der Waals surface area contributed by atoms with Crippen molar-refractivity contribution in [2.75, 3.05) is 58.5 Å². The monoisotopic (exact) mass is 492 g/mol. The molecule has 36 heavy (non-hydrogen) atoms. The lowest BCUT2D eigenvalue weighted by atomic mass is 9.93. The molecule has 0 amide bonds. The number of aryl methyl sites for hydroxylation is 1. The lowest BCUT2D eigenvalue weighted by molar-refractivity contribution is -0.525. The lowest BCUT2D eigenvalue weighted by Gasteiger charge is -2.24. The van der Waals surface area contributed by atoms with E-state index in [9.17, 15) is 14.7 Å². The second-order valence-corrected chi connectivity index (χ2v) is 8.88. The molecule has 0 saturated heterocycles. The van der Waals surface area contributed by atoms with E-state index in [0.717, 1.165) is 48.7 Å². The predicted octanol–water partition coefficient (Wildman–Crippen LogP) is 2.62. The number of carbonyl (C=O) groups excluding carboxylic acids is 2. The molecule has 0 saturated carbocycles. The summed E-state index contributed by atoms with van der Waals surface area (Å²) in [4.78, 5) is 28.2. The van der Waals surface area contributed by atoms with E-state index in [1.54, 1.807) is 26.4 Å². The molecule has 0 fully saturated rings. The molecular formula is C29H36N2O5. The molecular weight excluding hydrogens is 456 g/mol. The van der Waals surface area contributed by atoms with Gasteiger partial charge >= 0.3 is 0 Å². The normalized spacial score (nSPS) is 19.3. The van der Waals surface area contributed by atoms with Gasteiger partial charge in [-0.25, -0.2) is 4.58 Å². The maximum absolute atomic E-state index is 13.5. The molecule has 0 radical (unpaired) electrons. The molecule has 0 aromatic heterocycles. The van der Waals surface area contributed by atoms with E-state index in [2.05, 4.69) is 23.3 Å². The minimum Gasteiger partial charge on any atom is -0.871 e. The summed E-state index contributed by atoms with van der Waals surface area (Å²) in [5, 5.41) is 13.5. The van der Waals surface area contributed by atoms with E-state index in [1.807, 2.05) is 38.1 Å². The highest BCUT2D eigenvalue weighted by Crippen LogP contribution is 2.36. The quantitative estimate of drug-likeness (QED) is 0.284. The number of allylic oxidation sites excluding steroid dienone is 7. The number of hydrogen-bond donors (Lipinski definition) is 0. The van der Waals surface area contributed by atoms with Gasteiger partial charge in [-0.3, -0.25) is 9.59 Å². The Balaban J connectivity index is 2.03. The average Bonchev–Trinajstić information content (AvgIpc) is 3.08. The third-order valence-corrected chi connectivity index (χ3v) is 6.70. The SMILES string of the molecule is CCN(CCOC)c1ccc(C2=C([O-])/C(=C3\C=CC(=[N+](CC)CCOC)C=C3C)C(=O)C2=O)c(C)c1. The highest BCUT2D eigenvalue weighted by Gasteiger charge is 2.35. The molecule has 0 heterocycles. The second kappa shape index (κ2) is 12.1. The molecule has 2 aliphatic rings. The summed E-state index contributed by atoms with van der Waals surface area (Å²) in [6, 6.07) is 5.60. The zero-order valence-corrected chi connectivity index (χ0v) is 22.1. The minimum atomic E-state index is -0.740. The van der Waals surface area contributed by atoms with Crippen molar-refractivity contribution >= 4 is 28.5 Å². The summed E-state index contributed by atoms with van der Waals surface area (Å²) in [6.07, 6.45) is 5.60. The predicted molar refractivity (Wildman–Crippen MR) is 140 cm³/mol. The highest BCUT2D eigenvalue weighted by atomic mass is 16.5. The first-order valence-corrected chi connectivity index (χ1v) is 12.4. The number of methoxy groups -OCH3 is 2.